The van der Waals surface area contributed by atoms with Gasteiger partial charge < -0.3 is 15.5 Å². The number of amides is 2. The standard InChI is InChI=1S/C15H26N4OS/c1-14(2,3)11-10-21-12(17-11)15(16)6-8-19(9-7-15)13(20)18(4)5/h10H,6-9,16H2,1-5H3. The Morgan fingerprint density at radius 3 is 2.38 bits per heavy atom. The van der Waals surface area contributed by atoms with E-state index in [1.54, 1.807) is 30.3 Å². The largest absolute Gasteiger partial charge is 0.331 e. The van der Waals surface area contributed by atoms with Crippen LogP contribution in [0.2, 0.25) is 0 Å². The van der Waals surface area contributed by atoms with Gasteiger partial charge in [-0.25, -0.2) is 9.78 Å². The number of nitrogens with zero attached hydrogens (tertiary/aromatic N) is 3. The maximum atomic E-state index is 12.0. The third-order valence-electron chi connectivity index (χ3n) is 4.01. The number of piperidine rings is 1. The number of thiazole rings is 1. The summed E-state index contributed by atoms with van der Waals surface area (Å²) in [5.74, 6) is 0. The summed E-state index contributed by atoms with van der Waals surface area (Å²) in [6.45, 7) is 7.87. The molecule has 0 spiro atoms. The molecule has 6 heteroatoms. The summed E-state index contributed by atoms with van der Waals surface area (Å²) in [4.78, 5) is 20.2. The lowest BCUT2D eigenvalue weighted by Crippen LogP contribution is -2.51. The van der Waals surface area contributed by atoms with Gasteiger partial charge >= 0.3 is 6.03 Å². The maximum absolute atomic E-state index is 12.0. The number of hydrogen-bond donors (Lipinski definition) is 1. The van der Waals surface area contributed by atoms with Crippen molar-refractivity contribution in [1.29, 1.82) is 0 Å². The lowest BCUT2D eigenvalue weighted by atomic mass is 9.88. The summed E-state index contributed by atoms with van der Waals surface area (Å²) in [5.41, 5.74) is 7.32. The Labute approximate surface area is 131 Å². The van der Waals surface area contributed by atoms with Crippen molar-refractivity contribution >= 4 is 17.4 Å². The van der Waals surface area contributed by atoms with E-state index in [-0.39, 0.29) is 11.4 Å². The van der Waals surface area contributed by atoms with Crippen molar-refractivity contribution in [2.24, 2.45) is 5.73 Å². The average molecular weight is 310 g/mol. The van der Waals surface area contributed by atoms with Gasteiger partial charge in [0.2, 0.25) is 0 Å². The van der Waals surface area contributed by atoms with Crippen molar-refractivity contribution < 1.29 is 4.79 Å². The van der Waals surface area contributed by atoms with Crippen molar-refractivity contribution in [3.8, 4) is 0 Å². The van der Waals surface area contributed by atoms with Crippen molar-refractivity contribution in [3.63, 3.8) is 0 Å². The van der Waals surface area contributed by atoms with Crippen LogP contribution in [0.4, 0.5) is 4.79 Å². The molecule has 0 unspecified atom stereocenters. The number of rotatable bonds is 1. The maximum Gasteiger partial charge on any atom is 0.319 e. The smallest absolute Gasteiger partial charge is 0.319 e. The fourth-order valence-corrected chi connectivity index (χ4v) is 3.66. The van der Waals surface area contributed by atoms with Crippen LogP contribution >= 0.6 is 11.3 Å². The Hall–Kier alpha value is -1.14. The molecule has 0 radical (unpaired) electrons. The summed E-state index contributed by atoms with van der Waals surface area (Å²) in [6.07, 6.45) is 1.54. The van der Waals surface area contributed by atoms with Crippen molar-refractivity contribution in [2.75, 3.05) is 27.2 Å². The fraction of sp³-hybridized carbons (Fsp3) is 0.733. The van der Waals surface area contributed by atoms with Gasteiger partial charge in [0.25, 0.3) is 0 Å². The van der Waals surface area contributed by atoms with Crippen molar-refractivity contribution in [1.82, 2.24) is 14.8 Å². The van der Waals surface area contributed by atoms with Gasteiger partial charge in [0.15, 0.2) is 0 Å². The lowest BCUT2D eigenvalue weighted by Gasteiger charge is -2.38. The Kier molecular flexibility index (Phi) is 4.31. The molecule has 118 valence electrons. The first-order valence-electron chi connectivity index (χ1n) is 7.35. The van der Waals surface area contributed by atoms with Gasteiger partial charge in [-0.1, -0.05) is 20.8 Å². The second-order valence-corrected chi connectivity index (χ2v) is 7.97. The Balaban J connectivity index is 2.09. The number of carbonyl (C=O) groups excluding carboxylic acids is 1. The molecule has 0 aliphatic carbocycles. The summed E-state index contributed by atoms with van der Waals surface area (Å²) < 4.78 is 0. The minimum Gasteiger partial charge on any atom is -0.331 e. The van der Waals surface area contributed by atoms with Crippen LogP contribution in [0, 0.1) is 0 Å². The van der Waals surface area contributed by atoms with E-state index >= 15 is 0 Å². The van der Waals surface area contributed by atoms with Gasteiger partial charge in [-0.3, -0.25) is 0 Å². The zero-order valence-electron chi connectivity index (χ0n) is 13.6. The molecule has 0 saturated carbocycles. The molecule has 5 nitrogen and oxygen atoms in total. The van der Waals surface area contributed by atoms with Crippen LogP contribution in [0.25, 0.3) is 0 Å². The highest BCUT2D eigenvalue weighted by Crippen LogP contribution is 2.35. The van der Waals surface area contributed by atoms with Gasteiger partial charge in [0, 0.05) is 38.0 Å². The van der Waals surface area contributed by atoms with Crippen LogP contribution in [0.1, 0.15) is 44.3 Å². The predicted molar refractivity (Wildman–Crippen MR) is 86.6 cm³/mol. The second kappa shape index (κ2) is 5.57. The first-order chi connectivity index (χ1) is 9.63. The molecule has 2 rings (SSSR count). The number of hydrogen-bond acceptors (Lipinski definition) is 4. The summed E-state index contributed by atoms with van der Waals surface area (Å²) in [7, 11) is 3.56. The third kappa shape index (κ3) is 3.37. The molecule has 0 atom stereocenters. The van der Waals surface area contributed by atoms with Crippen molar-refractivity contribution in [2.45, 2.75) is 44.6 Å². The first kappa shape index (κ1) is 16.2. The molecule has 21 heavy (non-hydrogen) atoms. The quantitative estimate of drug-likeness (QED) is 0.866. The predicted octanol–water partition coefficient (Wildman–Crippen LogP) is 2.37. The Morgan fingerprint density at radius 2 is 1.95 bits per heavy atom. The lowest BCUT2D eigenvalue weighted by molar-refractivity contribution is 0.138. The highest BCUT2D eigenvalue weighted by molar-refractivity contribution is 7.09. The van der Waals surface area contributed by atoms with Gasteiger partial charge in [-0.05, 0) is 12.8 Å². The van der Waals surface area contributed by atoms with Gasteiger partial charge in [-0.15, -0.1) is 11.3 Å². The van der Waals surface area contributed by atoms with Crippen LogP contribution < -0.4 is 5.73 Å². The Bertz CT molecular complexity index is 510. The Morgan fingerprint density at radius 1 is 1.38 bits per heavy atom. The van der Waals surface area contributed by atoms with Crippen LogP contribution in [0.15, 0.2) is 5.38 Å². The van der Waals surface area contributed by atoms with Crippen LogP contribution in [-0.4, -0.2) is 48.0 Å². The number of nitrogens with two attached hydrogens (primary N) is 1. The monoisotopic (exact) mass is 310 g/mol. The highest BCUT2D eigenvalue weighted by atomic mass is 32.1. The molecule has 2 amide bonds. The molecule has 0 aromatic carbocycles. The van der Waals surface area contributed by atoms with E-state index in [9.17, 15) is 4.79 Å². The van der Waals surface area contributed by atoms with E-state index in [2.05, 4.69) is 26.2 Å². The molecule has 2 N–H and O–H groups in total. The number of carbonyl (C=O) groups is 1. The van der Waals surface area contributed by atoms with Crippen LogP contribution in [-0.2, 0) is 11.0 Å². The molecule has 1 aromatic heterocycles. The highest BCUT2D eigenvalue weighted by Gasteiger charge is 2.37. The third-order valence-corrected chi connectivity index (χ3v) is 5.07. The van der Waals surface area contributed by atoms with E-state index in [4.69, 9.17) is 10.7 Å². The fourth-order valence-electron chi connectivity index (χ4n) is 2.44. The molecular weight excluding hydrogens is 284 g/mol. The van der Waals surface area contributed by atoms with Crippen molar-refractivity contribution in [3.05, 3.63) is 16.1 Å². The van der Waals surface area contributed by atoms with E-state index in [1.165, 1.54) is 0 Å². The summed E-state index contributed by atoms with van der Waals surface area (Å²) in [6, 6.07) is 0.0616. The second-order valence-electron chi connectivity index (χ2n) is 7.11. The van der Waals surface area contributed by atoms with Crippen LogP contribution in [0.5, 0.6) is 0 Å². The molecule has 1 aliphatic rings. The number of aromatic nitrogens is 1. The molecule has 1 aromatic rings. The average Bonchev–Trinajstić information content (AvgIpc) is 2.89. The minimum atomic E-state index is -0.392. The minimum absolute atomic E-state index is 0.0483. The summed E-state index contributed by atoms with van der Waals surface area (Å²) >= 11 is 1.65. The van der Waals surface area contributed by atoms with E-state index in [0.29, 0.717) is 13.1 Å². The zero-order valence-corrected chi connectivity index (χ0v) is 14.5. The van der Waals surface area contributed by atoms with Gasteiger partial charge in [0.1, 0.15) is 5.01 Å². The molecule has 0 bridgehead atoms. The first-order valence-corrected chi connectivity index (χ1v) is 8.23. The molecular formula is C15H26N4OS. The van der Waals surface area contributed by atoms with Crippen LogP contribution in [0.3, 0.4) is 0 Å². The normalized spacial score (nSPS) is 18.7. The van der Waals surface area contributed by atoms with E-state index < -0.39 is 5.54 Å². The SMILES string of the molecule is CN(C)C(=O)N1CCC(N)(c2nc(C(C)(C)C)cs2)CC1. The van der Waals surface area contributed by atoms with E-state index in [0.717, 1.165) is 23.5 Å². The number of likely N-dealkylation sites (tertiary alicyclic amines) is 1. The molecule has 2 heterocycles. The van der Waals surface area contributed by atoms with E-state index in [1.807, 2.05) is 4.90 Å². The molecule has 1 aliphatic heterocycles. The van der Waals surface area contributed by atoms with Gasteiger partial charge in [0.05, 0.1) is 11.2 Å². The molecule has 1 saturated heterocycles. The number of urea groups is 1. The zero-order chi connectivity index (χ0) is 15.8. The topological polar surface area (TPSA) is 62.5 Å². The molecule has 1 fully saturated rings. The summed E-state index contributed by atoms with van der Waals surface area (Å²) in [5, 5.41) is 3.12. The van der Waals surface area contributed by atoms with Gasteiger partial charge in [-0.2, -0.15) is 0 Å².